The zero-order chi connectivity index (χ0) is 13.3. The molecule has 0 aliphatic carbocycles. The van der Waals surface area contributed by atoms with Crippen molar-refractivity contribution in [2.45, 2.75) is 19.9 Å². The number of rotatable bonds is 3. The van der Waals surface area contributed by atoms with Crippen LogP contribution in [0.15, 0.2) is 24.4 Å². The lowest BCUT2D eigenvalue weighted by Gasteiger charge is -2.12. The van der Waals surface area contributed by atoms with Gasteiger partial charge >= 0.3 is 0 Å². The number of H-pyrrole nitrogens is 1. The standard InChI is InChI=1S/C13H15Cl2N3/c1-7(2)12(16)13-17-6-10(18-13)8-4-3-5-9(14)11(8)15/h3-7,12H,16H2,1-2H3,(H,17,18). The van der Waals surface area contributed by atoms with E-state index in [0.717, 1.165) is 17.1 Å². The molecule has 0 aliphatic rings. The molecule has 0 aliphatic heterocycles. The van der Waals surface area contributed by atoms with Crippen LogP contribution < -0.4 is 5.73 Å². The Bertz CT molecular complexity index is 549. The van der Waals surface area contributed by atoms with Crippen LogP contribution in [0.1, 0.15) is 25.7 Å². The van der Waals surface area contributed by atoms with E-state index >= 15 is 0 Å². The van der Waals surface area contributed by atoms with E-state index in [2.05, 4.69) is 23.8 Å². The molecule has 0 spiro atoms. The van der Waals surface area contributed by atoms with E-state index in [0.29, 0.717) is 16.0 Å². The van der Waals surface area contributed by atoms with Crippen LogP contribution in [0.4, 0.5) is 0 Å². The van der Waals surface area contributed by atoms with Gasteiger partial charge in [0.25, 0.3) is 0 Å². The quantitative estimate of drug-likeness (QED) is 0.893. The highest BCUT2D eigenvalue weighted by atomic mass is 35.5. The minimum Gasteiger partial charge on any atom is -0.341 e. The van der Waals surface area contributed by atoms with Crippen LogP contribution in [0.5, 0.6) is 0 Å². The summed E-state index contributed by atoms with van der Waals surface area (Å²) in [7, 11) is 0. The maximum Gasteiger partial charge on any atom is 0.123 e. The highest BCUT2D eigenvalue weighted by Crippen LogP contribution is 2.33. The molecule has 5 heteroatoms. The first-order chi connectivity index (χ1) is 8.50. The van der Waals surface area contributed by atoms with Gasteiger partial charge in [0.2, 0.25) is 0 Å². The fourth-order valence-electron chi connectivity index (χ4n) is 1.67. The van der Waals surface area contributed by atoms with Gasteiger partial charge in [0, 0.05) is 5.56 Å². The van der Waals surface area contributed by atoms with Gasteiger partial charge in [-0.15, -0.1) is 0 Å². The average molecular weight is 284 g/mol. The van der Waals surface area contributed by atoms with Gasteiger partial charge in [-0.2, -0.15) is 0 Å². The van der Waals surface area contributed by atoms with E-state index in [1.807, 2.05) is 12.1 Å². The summed E-state index contributed by atoms with van der Waals surface area (Å²) in [4.78, 5) is 7.50. The average Bonchev–Trinajstić information content (AvgIpc) is 2.80. The minimum absolute atomic E-state index is 0.114. The van der Waals surface area contributed by atoms with Crippen LogP contribution in [-0.4, -0.2) is 9.97 Å². The van der Waals surface area contributed by atoms with Gasteiger partial charge in [0.05, 0.1) is 28.0 Å². The van der Waals surface area contributed by atoms with E-state index in [4.69, 9.17) is 28.9 Å². The summed E-state index contributed by atoms with van der Waals surface area (Å²) in [6.07, 6.45) is 1.73. The molecule has 0 radical (unpaired) electrons. The Balaban J connectivity index is 2.38. The van der Waals surface area contributed by atoms with Crippen molar-refractivity contribution in [2.75, 3.05) is 0 Å². The Morgan fingerprint density at radius 2 is 2.00 bits per heavy atom. The summed E-state index contributed by atoms with van der Waals surface area (Å²) < 4.78 is 0. The third-order valence-corrected chi connectivity index (χ3v) is 3.69. The Hall–Kier alpha value is -1.03. The number of imidazole rings is 1. The minimum atomic E-state index is -0.114. The summed E-state index contributed by atoms with van der Waals surface area (Å²) in [5.74, 6) is 1.08. The molecule has 1 unspecified atom stereocenters. The molecule has 1 atom stereocenters. The van der Waals surface area contributed by atoms with Crippen LogP contribution in [0.2, 0.25) is 10.0 Å². The van der Waals surface area contributed by atoms with Crippen LogP contribution >= 0.6 is 23.2 Å². The molecule has 0 saturated carbocycles. The fourth-order valence-corrected chi connectivity index (χ4v) is 2.07. The second kappa shape index (κ2) is 5.31. The normalized spacial score (nSPS) is 13.0. The molecule has 1 aromatic carbocycles. The maximum atomic E-state index is 6.17. The summed E-state index contributed by atoms with van der Waals surface area (Å²) in [5, 5.41) is 1.05. The lowest BCUT2D eigenvalue weighted by atomic mass is 10.1. The lowest BCUT2D eigenvalue weighted by Crippen LogP contribution is -2.18. The SMILES string of the molecule is CC(C)C(N)c1ncc(-c2cccc(Cl)c2Cl)[nH]1. The Labute approximate surface area is 116 Å². The van der Waals surface area contributed by atoms with Crippen molar-refractivity contribution in [3.8, 4) is 11.3 Å². The van der Waals surface area contributed by atoms with Gasteiger partial charge < -0.3 is 10.7 Å². The Kier molecular flexibility index (Phi) is 3.95. The first kappa shape index (κ1) is 13.4. The first-order valence-electron chi connectivity index (χ1n) is 5.75. The molecule has 2 rings (SSSR count). The summed E-state index contributed by atoms with van der Waals surface area (Å²) in [5.41, 5.74) is 7.70. The van der Waals surface area contributed by atoms with Crippen molar-refractivity contribution in [1.82, 2.24) is 9.97 Å². The summed E-state index contributed by atoms with van der Waals surface area (Å²) >= 11 is 12.2. The molecule has 3 nitrogen and oxygen atoms in total. The van der Waals surface area contributed by atoms with Crippen LogP contribution in [0.3, 0.4) is 0 Å². The molecule has 2 aromatic rings. The molecule has 18 heavy (non-hydrogen) atoms. The third-order valence-electron chi connectivity index (χ3n) is 2.87. The highest BCUT2D eigenvalue weighted by molar-refractivity contribution is 6.43. The van der Waals surface area contributed by atoms with E-state index in [1.54, 1.807) is 12.3 Å². The Morgan fingerprint density at radius 1 is 1.28 bits per heavy atom. The topological polar surface area (TPSA) is 54.7 Å². The second-order valence-corrected chi connectivity index (χ2v) is 5.34. The summed E-state index contributed by atoms with van der Waals surface area (Å²) in [6, 6.07) is 5.39. The van der Waals surface area contributed by atoms with E-state index < -0.39 is 0 Å². The smallest absolute Gasteiger partial charge is 0.123 e. The lowest BCUT2D eigenvalue weighted by molar-refractivity contribution is 0.494. The number of nitrogens with one attached hydrogen (secondary N) is 1. The maximum absolute atomic E-state index is 6.17. The van der Waals surface area contributed by atoms with Crippen LogP contribution in [0.25, 0.3) is 11.3 Å². The first-order valence-corrected chi connectivity index (χ1v) is 6.51. The molecule has 1 heterocycles. The molecular formula is C13H15Cl2N3. The molecule has 3 N–H and O–H groups in total. The van der Waals surface area contributed by atoms with E-state index in [1.165, 1.54) is 0 Å². The molecule has 96 valence electrons. The number of hydrogen-bond donors (Lipinski definition) is 2. The largest absolute Gasteiger partial charge is 0.341 e. The molecule has 0 saturated heterocycles. The van der Waals surface area contributed by atoms with Gasteiger partial charge in [-0.3, -0.25) is 0 Å². The molecule has 1 aromatic heterocycles. The van der Waals surface area contributed by atoms with Gasteiger partial charge in [0.1, 0.15) is 5.82 Å². The third kappa shape index (κ3) is 2.53. The number of aromatic amines is 1. The number of nitrogens with two attached hydrogens (primary N) is 1. The number of hydrogen-bond acceptors (Lipinski definition) is 2. The fraction of sp³-hybridized carbons (Fsp3) is 0.308. The van der Waals surface area contributed by atoms with Gasteiger partial charge in [0.15, 0.2) is 0 Å². The number of nitrogens with zero attached hydrogens (tertiary/aromatic N) is 1. The number of benzene rings is 1. The zero-order valence-corrected chi connectivity index (χ0v) is 11.8. The van der Waals surface area contributed by atoms with Gasteiger partial charge in [-0.25, -0.2) is 4.98 Å². The monoisotopic (exact) mass is 283 g/mol. The van der Waals surface area contributed by atoms with Gasteiger partial charge in [-0.1, -0.05) is 49.2 Å². The van der Waals surface area contributed by atoms with Crippen molar-refractivity contribution in [3.05, 3.63) is 40.3 Å². The summed E-state index contributed by atoms with van der Waals surface area (Å²) in [6.45, 7) is 4.11. The van der Waals surface area contributed by atoms with Crippen molar-refractivity contribution in [2.24, 2.45) is 11.7 Å². The predicted molar refractivity (Wildman–Crippen MR) is 75.8 cm³/mol. The van der Waals surface area contributed by atoms with E-state index in [-0.39, 0.29) is 6.04 Å². The van der Waals surface area contributed by atoms with Crippen LogP contribution in [-0.2, 0) is 0 Å². The highest BCUT2D eigenvalue weighted by Gasteiger charge is 2.15. The van der Waals surface area contributed by atoms with E-state index in [9.17, 15) is 0 Å². The van der Waals surface area contributed by atoms with Crippen LogP contribution in [0, 0.1) is 5.92 Å². The number of halogens is 2. The Morgan fingerprint density at radius 3 is 2.67 bits per heavy atom. The molecule has 0 bridgehead atoms. The second-order valence-electron chi connectivity index (χ2n) is 4.55. The van der Waals surface area contributed by atoms with Crippen molar-refractivity contribution in [1.29, 1.82) is 0 Å². The van der Waals surface area contributed by atoms with Crippen molar-refractivity contribution < 1.29 is 0 Å². The predicted octanol–water partition coefficient (Wildman–Crippen LogP) is 4.04. The number of aromatic nitrogens is 2. The molecule has 0 amide bonds. The molecular weight excluding hydrogens is 269 g/mol. The van der Waals surface area contributed by atoms with Crippen molar-refractivity contribution >= 4 is 23.2 Å². The van der Waals surface area contributed by atoms with Gasteiger partial charge in [-0.05, 0) is 12.0 Å². The zero-order valence-electron chi connectivity index (χ0n) is 10.2. The van der Waals surface area contributed by atoms with Crippen molar-refractivity contribution in [3.63, 3.8) is 0 Å². The molecule has 0 fully saturated rings.